The summed E-state index contributed by atoms with van der Waals surface area (Å²) in [6, 6.07) is 0.650. The number of rotatable bonds is 3. The van der Waals surface area contributed by atoms with Crippen LogP contribution in [0.25, 0.3) is 0 Å². The molecule has 1 N–H and O–H groups in total. The Bertz CT molecular complexity index is 347. The van der Waals surface area contributed by atoms with Gasteiger partial charge in [0, 0.05) is 19.1 Å². The van der Waals surface area contributed by atoms with E-state index in [-0.39, 0.29) is 0 Å². The summed E-state index contributed by atoms with van der Waals surface area (Å²) in [7, 11) is 0. The van der Waals surface area contributed by atoms with Crippen molar-refractivity contribution in [3.05, 3.63) is 0 Å². The van der Waals surface area contributed by atoms with Gasteiger partial charge >= 0.3 is 0 Å². The van der Waals surface area contributed by atoms with E-state index in [0.717, 1.165) is 36.8 Å². The molecule has 3 heteroatoms. The predicted molar refractivity (Wildman–Crippen MR) is 79.3 cm³/mol. The van der Waals surface area contributed by atoms with Crippen LogP contribution in [0.15, 0.2) is 0 Å². The monoisotopic (exact) mass is 276 g/mol. The number of nitrogens with zero attached hydrogens (tertiary/aromatic N) is 1. The Morgan fingerprint density at radius 1 is 0.900 bits per heavy atom. The molecule has 112 valence electrons. The number of carbonyl (C=O) groups is 1. The van der Waals surface area contributed by atoms with Crippen LogP contribution < -0.4 is 5.32 Å². The van der Waals surface area contributed by atoms with Crippen LogP contribution in [0.5, 0.6) is 0 Å². The van der Waals surface area contributed by atoms with E-state index in [1.165, 1.54) is 51.4 Å². The Morgan fingerprint density at radius 3 is 2.10 bits per heavy atom. The van der Waals surface area contributed by atoms with Crippen LogP contribution in [0, 0.1) is 23.7 Å². The van der Waals surface area contributed by atoms with E-state index in [4.69, 9.17) is 0 Å². The summed E-state index contributed by atoms with van der Waals surface area (Å²) in [4.78, 5) is 14.4. The number of carbonyl (C=O) groups excluding carboxylic acids is 1. The molecule has 0 aromatic heterocycles. The second-order valence-electron chi connectivity index (χ2n) is 7.78. The smallest absolute Gasteiger partial charge is 0.236 e. The van der Waals surface area contributed by atoms with Crippen molar-refractivity contribution in [3.8, 4) is 0 Å². The van der Waals surface area contributed by atoms with Crippen LogP contribution in [0.1, 0.15) is 51.4 Å². The molecule has 1 aliphatic heterocycles. The number of hydrogen-bond donors (Lipinski definition) is 1. The van der Waals surface area contributed by atoms with Gasteiger partial charge in [0.2, 0.25) is 5.91 Å². The highest BCUT2D eigenvalue weighted by Crippen LogP contribution is 2.53. The average Bonchev–Trinajstić information content (AvgIpc) is 2.46. The average molecular weight is 276 g/mol. The maximum absolute atomic E-state index is 12.3. The van der Waals surface area contributed by atoms with Gasteiger partial charge in [-0.2, -0.15) is 0 Å². The topological polar surface area (TPSA) is 32.3 Å². The SMILES string of the molecule is O=C(CNC1C2CC3CC(C2)CC1C3)N1CCCCC1. The summed E-state index contributed by atoms with van der Waals surface area (Å²) < 4.78 is 0. The Kier molecular flexibility index (Phi) is 3.49. The van der Waals surface area contributed by atoms with Gasteiger partial charge in [0.15, 0.2) is 0 Å². The molecule has 0 aromatic carbocycles. The molecule has 5 fully saturated rings. The van der Waals surface area contributed by atoms with Crippen molar-refractivity contribution in [2.75, 3.05) is 19.6 Å². The minimum Gasteiger partial charge on any atom is -0.342 e. The van der Waals surface area contributed by atoms with Gasteiger partial charge in [0.25, 0.3) is 0 Å². The number of nitrogens with one attached hydrogen (secondary N) is 1. The molecule has 5 rings (SSSR count). The lowest BCUT2D eigenvalue weighted by atomic mass is 9.54. The summed E-state index contributed by atoms with van der Waals surface area (Å²) in [6.07, 6.45) is 10.9. The summed E-state index contributed by atoms with van der Waals surface area (Å²) >= 11 is 0. The Labute approximate surface area is 122 Å². The number of piperidine rings is 1. The lowest BCUT2D eigenvalue weighted by molar-refractivity contribution is -0.131. The van der Waals surface area contributed by atoms with Crippen molar-refractivity contribution in [3.63, 3.8) is 0 Å². The first-order valence-electron chi connectivity index (χ1n) is 8.81. The van der Waals surface area contributed by atoms with Gasteiger partial charge in [-0.05, 0) is 75.0 Å². The second kappa shape index (κ2) is 5.32. The molecule has 0 atom stereocenters. The molecule has 1 heterocycles. The van der Waals surface area contributed by atoms with Crippen molar-refractivity contribution in [2.24, 2.45) is 23.7 Å². The van der Waals surface area contributed by atoms with E-state index in [2.05, 4.69) is 10.2 Å². The molecule has 0 unspecified atom stereocenters. The third kappa shape index (κ3) is 2.38. The lowest BCUT2D eigenvalue weighted by Crippen LogP contribution is -2.56. The van der Waals surface area contributed by atoms with Crippen molar-refractivity contribution >= 4 is 5.91 Å². The van der Waals surface area contributed by atoms with Crippen LogP contribution in [-0.4, -0.2) is 36.5 Å². The highest BCUT2D eigenvalue weighted by Gasteiger charge is 2.48. The molecule has 1 amide bonds. The van der Waals surface area contributed by atoms with Gasteiger partial charge in [-0.1, -0.05) is 0 Å². The largest absolute Gasteiger partial charge is 0.342 e. The van der Waals surface area contributed by atoms with Crippen LogP contribution in [-0.2, 0) is 4.79 Å². The van der Waals surface area contributed by atoms with Crippen LogP contribution in [0.4, 0.5) is 0 Å². The molecule has 0 aromatic rings. The minimum absolute atomic E-state index is 0.346. The zero-order valence-corrected chi connectivity index (χ0v) is 12.5. The van der Waals surface area contributed by atoms with Gasteiger partial charge in [-0.25, -0.2) is 0 Å². The summed E-state index contributed by atoms with van der Waals surface area (Å²) in [5.74, 6) is 4.14. The molecule has 4 aliphatic carbocycles. The van der Waals surface area contributed by atoms with E-state index in [1.54, 1.807) is 0 Å². The standard InChI is InChI=1S/C17H28N2O/c20-16(19-4-2-1-3-5-19)11-18-17-14-7-12-6-13(9-14)10-15(17)8-12/h12-15,17-18H,1-11H2. The first-order chi connectivity index (χ1) is 9.79. The Balaban J connectivity index is 1.32. The number of likely N-dealkylation sites (tertiary alicyclic amines) is 1. The molecule has 0 radical (unpaired) electrons. The molecule has 3 nitrogen and oxygen atoms in total. The molecule has 0 spiro atoms. The first kappa shape index (κ1) is 13.1. The van der Waals surface area contributed by atoms with E-state index in [9.17, 15) is 4.79 Å². The molecule has 1 saturated heterocycles. The highest BCUT2D eigenvalue weighted by atomic mass is 16.2. The highest BCUT2D eigenvalue weighted by molar-refractivity contribution is 5.78. The van der Waals surface area contributed by atoms with Crippen molar-refractivity contribution in [1.29, 1.82) is 0 Å². The Hall–Kier alpha value is -0.570. The fraction of sp³-hybridized carbons (Fsp3) is 0.941. The molecular formula is C17H28N2O. The third-order valence-electron chi connectivity index (χ3n) is 6.42. The van der Waals surface area contributed by atoms with Crippen LogP contribution in [0.2, 0.25) is 0 Å². The van der Waals surface area contributed by atoms with E-state index in [1.807, 2.05) is 0 Å². The van der Waals surface area contributed by atoms with Crippen molar-refractivity contribution in [2.45, 2.75) is 57.4 Å². The molecule has 5 aliphatic rings. The van der Waals surface area contributed by atoms with Crippen LogP contribution >= 0.6 is 0 Å². The number of amides is 1. The van der Waals surface area contributed by atoms with Gasteiger partial charge in [0.05, 0.1) is 6.54 Å². The quantitative estimate of drug-likeness (QED) is 0.858. The molecule has 20 heavy (non-hydrogen) atoms. The zero-order valence-electron chi connectivity index (χ0n) is 12.5. The summed E-state index contributed by atoms with van der Waals surface area (Å²) in [5, 5.41) is 3.67. The van der Waals surface area contributed by atoms with Gasteiger partial charge in [0.1, 0.15) is 0 Å². The second-order valence-corrected chi connectivity index (χ2v) is 7.78. The Morgan fingerprint density at radius 2 is 1.50 bits per heavy atom. The van der Waals surface area contributed by atoms with Gasteiger partial charge in [-0.3, -0.25) is 4.79 Å². The summed E-state index contributed by atoms with van der Waals surface area (Å²) in [5.41, 5.74) is 0. The van der Waals surface area contributed by atoms with Crippen molar-refractivity contribution < 1.29 is 4.79 Å². The van der Waals surface area contributed by atoms with Crippen molar-refractivity contribution in [1.82, 2.24) is 10.2 Å². The minimum atomic E-state index is 0.346. The zero-order chi connectivity index (χ0) is 13.5. The number of hydrogen-bond acceptors (Lipinski definition) is 2. The predicted octanol–water partition coefficient (Wildman–Crippen LogP) is 2.41. The van der Waals surface area contributed by atoms with E-state index >= 15 is 0 Å². The molecular weight excluding hydrogens is 248 g/mol. The normalized spacial score (nSPS) is 43.0. The van der Waals surface area contributed by atoms with E-state index in [0.29, 0.717) is 18.5 Å². The molecule has 4 bridgehead atoms. The van der Waals surface area contributed by atoms with Crippen LogP contribution in [0.3, 0.4) is 0 Å². The summed E-state index contributed by atoms with van der Waals surface area (Å²) in [6.45, 7) is 2.57. The maximum atomic E-state index is 12.3. The fourth-order valence-electron chi connectivity index (χ4n) is 5.72. The molecule has 4 saturated carbocycles. The van der Waals surface area contributed by atoms with Gasteiger partial charge in [-0.15, -0.1) is 0 Å². The van der Waals surface area contributed by atoms with Gasteiger partial charge < -0.3 is 10.2 Å². The lowest BCUT2D eigenvalue weighted by Gasteiger charge is -2.54. The maximum Gasteiger partial charge on any atom is 0.236 e. The first-order valence-corrected chi connectivity index (χ1v) is 8.81. The fourth-order valence-corrected chi connectivity index (χ4v) is 5.72. The third-order valence-corrected chi connectivity index (χ3v) is 6.42. The van der Waals surface area contributed by atoms with E-state index < -0.39 is 0 Å².